The fourth-order valence-electron chi connectivity index (χ4n) is 3.20. The summed E-state index contributed by atoms with van der Waals surface area (Å²) >= 11 is 6.04. The van der Waals surface area contributed by atoms with Crippen molar-refractivity contribution in [2.45, 2.75) is 43.4 Å². The minimum absolute atomic E-state index is 0.301. The molecule has 3 rings (SSSR count). The highest BCUT2D eigenvalue weighted by Crippen LogP contribution is 2.45. The number of rotatable bonds is 1. The molecule has 0 spiro atoms. The highest BCUT2D eigenvalue weighted by Gasteiger charge is 2.47. The molecular weight excluding hydrogens is 229 g/mol. The molecule has 0 aliphatic carbocycles. The molecule has 0 saturated carbocycles. The maximum Gasteiger partial charge on any atom is 0.156 e. The first-order chi connectivity index (χ1) is 7.58. The van der Waals surface area contributed by atoms with Crippen molar-refractivity contribution in [2.24, 2.45) is 7.05 Å². The van der Waals surface area contributed by atoms with E-state index < -0.39 is 5.67 Å². The van der Waals surface area contributed by atoms with Crippen LogP contribution in [-0.4, -0.2) is 21.9 Å². The predicted molar refractivity (Wildman–Crippen MR) is 60.2 cm³/mol. The highest BCUT2D eigenvalue weighted by atomic mass is 35.5. The number of aryl methyl sites for hydroxylation is 1. The van der Waals surface area contributed by atoms with Crippen molar-refractivity contribution >= 4 is 11.6 Å². The fraction of sp³-hybridized carbons (Fsp3) is 0.727. The van der Waals surface area contributed by atoms with Gasteiger partial charge in [-0.05, 0) is 12.8 Å². The van der Waals surface area contributed by atoms with Crippen LogP contribution in [0.1, 0.15) is 31.4 Å². The van der Waals surface area contributed by atoms with Crippen molar-refractivity contribution in [2.75, 3.05) is 0 Å². The SMILES string of the molecule is Cn1ncc(Cl)c1C1(F)CC2CCC(C1)N2. The van der Waals surface area contributed by atoms with Gasteiger partial charge in [0.1, 0.15) is 0 Å². The summed E-state index contributed by atoms with van der Waals surface area (Å²) in [5, 5.41) is 7.92. The molecule has 3 nitrogen and oxygen atoms in total. The molecule has 1 N–H and O–H groups in total. The Morgan fingerprint density at radius 3 is 2.62 bits per heavy atom. The smallest absolute Gasteiger partial charge is 0.156 e. The fourth-order valence-corrected chi connectivity index (χ4v) is 3.53. The van der Waals surface area contributed by atoms with Gasteiger partial charge in [-0.1, -0.05) is 11.6 Å². The topological polar surface area (TPSA) is 29.9 Å². The summed E-state index contributed by atoms with van der Waals surface area (Å²) in [6, 6.07) is 0.601. The van der Waals surface area contributed by atoms with E-state index in [1.165, 1.54) is 6.20 Å². The summed E-state index contributed by atoms with van der Waals surface area (Å²) in [4.78, 5) is 0. The summed E-state index contributed by atoms with van der Waals surface area (Å²) in [5.41, 5.74) is -0.757. The number of fused-ring (bicyclic) bond motifs is 2. The van der Waals surface area contributed by atoms with Gasteiger partial charge >= 0.3 is 0 Å². The van der Waals surface area contributed by atoms with Crippen LogP contribution in [0.4, 0.5) is 4.39 Å². The van der Waals surface area contributed by atoms with Gasteiger partial charge in [-0.2, -0.15) is 5.10 Å². The van der Waals surface area contributed by atoms with E-state index >= 15 is 4.39 Å². The zero-order chi connectivity index (χ0) is 11.3. The van der Waals surface area contributed by atoms with Crippen molar-refractivity contribution in [1.29, 1.82) is 0 Å². The zero-order valence-electron chi connectivity index (χ0n) is 9.21. The van der Waals surface area contributed by atoms with Gasteiger partial charge in [0.25, 0.3) is 0 Å². The summed E-state index contributed by atoms with van der Waals surface area (Å²) in [6.07, 6.45) is 4.71. The first-order valence-corrected chi connectivity index (χ1v) is 6.09. The number of hydrogen-bond donors (Lipinski definition) is 1. The van der Waals surface area contributed by atoms with Crippen molar-refractivity contribution in [1.82, 2.24) is 15.1 Å². The van der Waals surface area contributed by atoms with Gasteiger partial charge in [-0.15, -0.1) is 0 Å². The van der Waals surface area contributed by atoms with Crippen LogP contribution >= 0.6 is 11.6 Å². The highest BCUT2D eigenvalue weighted by molar-refractivity contribution is 6.31. The summed E-state index contributed by atoms with van der Waals surface area (Å²) in [6.45, 7) is 0. The zero-order valence-corrected chi connectivity index (χ0v) is 9.97. The lowest BCUT2D eigenvalue weighted by molar-refractivity contribution is 0.0784. The minimum Gasteiger partial charge on any atom is -0.311 e. The Bertz CT molecular complexity index is 386. The lowest BCUT2D eigenvalue weighted by Gasteiger charge is -2.35. The quantitative estimate of drug-likeness (QED) is 0.819. The van der Waals surface area contributed by atoms with Gasteiger partial charge in [-0.25, -0.2) is 4.39 Å². The maximum absolute atomic E-state index is 15.0. The van der Waals surface area contributed by atoms with E-state index in [9.17, 15) is 0 Å². The van der Waals surface area contributed by atoms with E-state index in [0.717, 1.165) is 12.8 Å². The molecule has 0 amide bonds. The van der Waals surface area contributed by atoms with Gasteiger partial charge in [-0.3, -0.25) is 4.68 Å². The third-order valence-corrected chi connectivity index (χ3v) is 4.07. The summed E-state index contributed by atoms with van der Waals surface area (Å²) in [5.74, 6) is 0. The average molecular weight is 244 g/mol. The van der Waals surface area contributed by atoms with Crippen LogP contribution in [0.5, 0.6) is 0 Å². The molecule has 1 aromatic rings. The molecule has 3 heterocycles. The van der Waals surface area contributed by atoms with Crippen LogP contribution in [0.2, 0.25) is 5.02 Å². The molecule has 2 aliphatic heterocycles. The van der Waals surface area contributed by atoms with Crippen LogP contribution in [0.3, 0.4) is 0 Å². The lowest BCUT2D eigenvalue weighted by Crippen LogP contribution is -2.45. The Kier molecular flexibility index (Phi) is 2.27. The average Bonchev–Trinajstić information content (AvgIpc) is 2.71. The number of piperidine rings is 1. The maximum atomic E-state index is 15.0. The molecule has 2 fully saturated rings. The van der Waals surface area contributed by atoms with Crippen LogP contribution in [0.15, 0.2) is 6.20 Å². The Labute approximate surface area is 99.0 Å². The molecule has 5 heteroatoms. The largest absolute Gasteiger partial charge is 0.311 e. The van der Waals surface area contributed by atoms with E-state index in [1.54, 1.807) is 11.7 Å². The minimum atomic E-state index is -1.31. The Morgan fingerprint density at radius 1 is 1.50 bits per heavy atom. The molecule has 2 saturated heterocycles. The molecule has 2 atom stereocenters. The van der Waals surface area contributed by atoms with E-state index in [-0.39, 0.29) is 0 Å². The van der Waals surface area contributed by atoms with Crippen molar-refractivity contribution in [3.05, 3.63) is 16.9 Å². The van der Waals surface area contributed by atoms with Crippen molar-refractivity contribution in [3.63, 3.8) is 0 Å². The first kappa shape index (κ1) is 10.5. The molecule has 2 bridgehead atoms. The van der Waals surface area contributed by atoms with E-state index in [0.29, 0.717) is 35.6 Å². The van der Waals surface area contributed by atoms with E-state index in [2.05, 4.69) is 10.4 Å². The Balaban J connectivity index is 1.99. The van der Waals surface area contributed by atoms with Crippen LogP contribution in [0.25, 0.3) is 0 Å². The second kappa shape index (κ2) is 3.44. The van der Waals surface area contributed by atoms with Gasteiger partial charge in [0.15, 0.2) is 5.67 Å². The molecule has 2 aliphatic rings. The molecule has 1 aromatic heterocycles. The molecule has 2 unspecified atom stereocenters. The second-order valence-electron chi connectivity index (χ2n) is 4.98. The van der Waals surface area contributed by atoms with Gasteiger partial charge in [0, 0.05) is 32.0 Å². The monoisotopic (exact) mass is 243 g/mol. The summed E-state index contributed by atoms with van der Waals surface area (Å²) in [7, 11) is 1.76. The molecule has 88 valence electrons. The third kappa shape index (κ3) is 1.47. The van der Waals surface area contributed by atoms with Crippen LogP contribution in [0, 0.1) is 0 Å². The van der Waals surface area contributed by atoms with Crippen LogP contribution in [-0.2, 0) is 12.7 Å². The van der Waals surface area contributed by atoms with E-state index in [1.807, 2.05) is 0 Å². The normalized spacial score (nSPS) is 37.9. The standard InChI is InChI=1S/C11H15ClFN3/c1-16-10(9(12)6-14-16)11(13)4-7-2-3-8(5-11)15-7/h6-8,15H,2-5H2,1H3. The predicted octanol–water partition coefficient (Wildman–Crippen LogP) is 2.15. The van der Waals surface area contributed by atoms with Crippen molar-refractivity contribution < 1.29 is 4.39 Å². The lowest BCUT2D eigenvalue weighted by atomic mass is 9.86. The summed E-state index contributed by atoms with van der Waals surface area (Å²) < 4.78 is 16.6. The van der Waals surface area contributed by atoms with Crippen LogP contribution < -0.4 is 5.32 Å². The Morgan fingerprint density at radius 2 is 2.12 bits per heavy atom. The number of alkyl halides is 1. The number of nitrogens with zero attached hydrogens (tertiary/aromatic N) is 2. The molecule has 16 heavy (non-hydrogen) atoms. The number of nitrogens with one attached hydrogen (secondary N) is 1. The molecule has 0 aromatic carbocycles. The Hall–Kier alpha value is -0.610. The number of hydrogen-bond acceptors (Lipinski definition) is 2. The van der Waals surface area contributed by atoms with E-state index in [4.69, 9.17) is 11.6 Å². The second-order valence-corrected chi connectivity index (χ2v) is 5.38. The molecular formula is C11H15ClFN3. The number of halogens is 2. The van der Waals surface area contributed by atoms with Gasteiger partial charge in [0.2, 0.25) is 0 Å². The van der Waals surface area contributed by atoms with Gasteiger partial charge in [0.05, 0.1) is 16.9 Å². The third-order valence-electron chi connectivity index (χ3n) is 3.79. The van der Waals surface area contributed by atoms with Crippen molar-refractivity contribution in [3.8, 4) is 0 Å². The molecule has 0 radical (unpaired) electrons. The van der Waals surface area contributed by atoms with Gasteiger partial charge < -0.3 is 5.32 Å². The number of aromatic nitrogens is 2. The first-order valence-electron chi connectivity index (χ1n) is 5.71.